The highest BCUT2D eigenvalue weighted by molar-refractivity contribution is 5.54. The number of nitrogens with one attached hydrogen (secondary N) is 1. The van der Waals surface area contributed by atoms with E-state index < -0.39 is 0 Å². The Kier molecular flexibility index (Phi) is 6.85. The number of rotatable bonds is 8. The first-order chi connectivity index (χ1) is 9.10. The molecule has 1 rings (SSSR count). The van der Waals surface area contributed by atoms with Crippen molar-refractivity contribution in [1.29, 1.82) is 0 Å². The average Bonchev–Trinajstić information content (AvgIpc) is 2.39. The molecule has 0 aliphatic rings. The molecular formula is C16H27FN2. The molecule has 0 heterocycles. The predicted molar refractivity (Wildman–Crippen MR) is 81.2 cm³/mol. The van der Waals surface area contributed by atoms with Gasteiger partial charge in [0.1, 0.15) is 5.82 Å². The first-order valence-electron chi connectivity index (χ1n) is 7.32. The van der Waals surface area contributed by atoms with Crippen molar-refractivity contribution in [2.24, 2.45) is 0 Å². The Balaban J connectivity index is 2.85. The zero-order chi connectivity index (χ0) is 14.3. The Morgan fingerprint density at radius 3 is 2.63 bits per heavy atom. The molecule has 0 radical (unpaired) electrons. The summed E-state index contributed by atoms with van der Waals surface area (Å²) in [7, 11) is 2.09. The monoisotopic (exact) mass is 266 g/mol. The Bertz CT molecular complexity index is 379. The molecule has 0 aromatic heterocycles. The van der Waals surface area contributed by atoms with Gasteiger partial charge in [-0.25, -0.2) is 4.39 Å². The van der Waals surface area contributed by atoms with Crippen molar-refractivity contribution in [2.75, 3.05) is 18.5 Å². The quantitative estimate of drug-likeness (QED) is 0.717. The number of halogens is 1. The van der Waals surface area contributed by atoms with E-state index in [-0.39, 0.29) is 5.82 Å². The van der Waals surface area contributed by atoms with Gasteiger partial charge in [0.2, 0.25) is 0 Å². The molecule has 0 amide bonds. The summed E-state index contributed by atoms with van der Waals surface area (Å²) in [5.74, 6) is -0.159. The Morgan fingerprint density at radius 1 is 1.26 bits per heavy atom. The number of nitrogens with zero attached hydrogens (tertiary/aromatic N) is 1. The summed E-state index contributed by atoms with van der Waals surface area (Å²) in [6, 6.07) is 5.56. The maximum atomic E-state index is 13.4. The Labute approximate surface area is 117 Å². The van der Waals surface area contributed by atoms with Crippen molar-refractivity contribution < 1.29 is 4.39 Å². The van der Waals surface area contributed by atoms with E-state index in [1.165, 1.54) is 0 Å². The van der Waals surface area contributed by atoms with Gasteiger partial charge in [0.25, 0.3) is 0 Å². The van der Waals surface area contributed by atoms with E-state index in [9.17, 15) is 4.39 Å². The molecule has 3 heteroatoms. The van der Waals surface area contributed by atoms with Crippen molar-refractivity contribution >= 4 is 5.69 Å². The number of hydrogen-bond acceptors (Lipinski definition) is 2. The van der Waals surface area contributed by atoms with Gasteiger partial charge >= 0.3 is 0 Å². The zero-order valence-corrected chi connectivity index (χ0v) is 12.7. The van der Waals surface area contributed by atoms with Crippen molar-refractivity contribution in [3.63, 3.8) is 0 Å². The van der Waals surface area contributed by atoms with Gasteiger partial charge in [-0.3, -0.25) is 0 Å². The summed E-state index contributed by atoms with van der Waals surface area (Å²) in [5.41, 5.74) is 2.17. The van der Waals surface area contributed by atoms with Crippen molar-refractivity contribution in [1.82, 2.24) is 5.32 Å². The van der Waals surface area contributed by atoms with E-state index in [4.69, 9.17) is 0 Å². The van der Waals surface area contributed by atoms with Crippen LogP contribution in [-0.4, -0.2) is 19.6 Å². The normalized spacial score (nSPS) is 12.5. The number of benzene rings is 1. The van der Waals surface area contributed by atoms with Gasteiger partial charge in [0.05, 0.1) is 0 Å². The Morgan fingerprint density at radius 2 is 2.00 bits per heavy atom. The van der Waals surface area contributed by atoms with Crippen LogP contribution in [0.3, 0.4) is 0 Å². The predicted octanol–water partition coefficient (Wildman–Crippen LogP) is 3.95. The Hall–Kier alpha value is -1.09. The lowest BCUT2D eigenvalue weighted by atomic mass is 10.1. The van der Waals surface area contributed by atoms with Crippen LogP contribution in [0.25, 0.3) is 0 Å². The van der Waals surface area contributed by atoms with Gasteiger partial charge in [-0.1, -0.05) is 20.3 Å². The standard InChI is InChI=1S/C16H27FN2/c1-5-7-13(3)19(4)16-9-8-15(17)11-14(16)12-18-10-6-2/h8-9,11,13,18H,5-7,10,12H2,1-4H3. The zero-order valence-electron chi connectivity index (χ0n) is 12.7. The molecule has 19 heavy (non-hydrogen) atoms. The SMILES string of the molecule is CCCNCc1cc(F)ccc1N(C)C(C)CCC. The minimum atomic E-state index is -0.159. The van der Waals surface area contributed by atoms with Crippen LogP contribution in [-0.2, 0) is 6.54 Å². The van der Waals surface area contributed by atoms with E-state index in [1.807, 2.05) is 6.07 Å². The van der Waals surface area contributed by atoms with Crippen LogP contribution in [0, 0.1) is 5.82 Å². The van der Waals surface area contributed by atoms with E-state index in [2.05, 4.69) is 38.0 Å². The maximum absolute atomic E-state index is 13.4. The molecule has 0 fully saturated rings. The van der Waals surface area contributed by atoms with Crippen molar-refractivity contribution in [3.05, 3.63) is 29.6 Å². The smallest absolute Gasteiger partial charge is 0.123 e. The fourth-order valence-electron chi connectivity index (χ4n) is 2.29. The molecule has 1 atom stereocenters. The van der Waals surface area contributed by atoms with Gasteiger partial charge in [0.15, 0.2) is 0 Å². The summed E-state index contributed by atoms with van der Waals surface area (Å²) < 4.78 is 13.4. The van der Waals surface area contributed by atoms with Crippen molar-refractivity contribution in [3.8, 4) is 0 Å². The third-order valence-corrected chi connectivity index (χ3v) is 3.53. The second-order valence-electron chi connectivity index (χ2n) is 5.20. The van der Waals surface area contributed by atoms with Gasteiger partial charge in [-0.2, -0.15) is 0 Å². The molecule has 0 bridgehead atoms. The molecule has 0 aliphatic heterocycles. The second-order valence-corrected chi connectivity index (χ2v) is 5.20. The lowest BCUT2D eigenvalue weighted by molar-refractivity contribution is 0.601. The second kappa shape index (κ2) is 8.16. The molecule has 1 N–H and O–H groups in total. The van der Waals surface area contributed by atoms with Crippen molar-refractivity contribution in [2.45, 2.75) is 52.6 Å². The summed E-state index contributed by atoms with van der Waals surface area (Å²) in [6.07, 6.45) is 3.40. The summed E-state index contributed by atoms with van der Waals surface area (Å²) in [6.45, 7) is 8.23. The van der Waals surface area contributed by atoms with E-state index in [1.54, 1.807) is 12.1 Å². The van der Waals surface area contributed by atoms with Gasteiger partial charge in [-0.05, 0) is 50.1 Å². The first kappa shape index (κ1) is 16.0. The molecule has 0 saturated heterocycles. The molecular weight excluding hydrogens is 239 g/mol. The average molecular weight is 266 g/mol. The fraction of sp³-hybridized carbons (Fsp3) is 0.625. The maximum Gasteiger partial charge on any atom is 0.123 e. The lowest BCUT2D eigenvalue weighted by Gasteiger charge is -2.29. The molecule has 1 aromatic rings. The van der Waals surface area contributed by atoms with Gasteiger partial charge < -0.3 is 10.2 Å². The molecule has 0 saturated carbocycles. The largest absolute Gasteiger partial charge is 0.372 e. The van der Waals surface area contributed by atoms with Crippen LogP contribution in [0.1, 0.15) is 45.6 Å². The van der Waals surface area contributed by atoms with Crippen LogP contribution in [0.4, 0.5) is 10.1 Å². The molecule has 1 aromatic carbocycles. The lowest BCUT2D eigenvalue weighted by Crippen LogP contribution is -2.30. The fourth-order valence-corrected chi connectivity index (χ4v) is 2.29. The molecule has 1 unspecified atom stereocenters. The minimum absolute atomic E-state index is 0.159. The third-order valence-electron chi connectivity index (χ3n) is 3.53. The van der Waals surface area contributed by atoms with E-state index >= 15 is 0 Å². The minimum Gasteiger partial charge on any atom is -0.372 e. The van der Waals surface area contributed by atoms with Crippen LogP contribution >= 0.6 is 0 Å². The molecule has 0 aliphatic carbocycles. The van der Waals surface area contributed by atoms with Gasteiger partial charge in [-0.15, -0.1) is 0 Å². The number of anilines is 1. The molecule has 2 nitrogen and oxygen atoms in total. The third kappa shape index (κ3) is 4.83. The van der Waals surface area contributed by atoms with E-state index in [0.717, 1.165) is 43.6 Å². The van der Waals surface area contributed by atoms with Crippen LogP contribution in [0.15, 0.2) is 18.2 Å². The summed E-state index contributed by atoms with van der Waals surface area (Å²) in [4.78, 5) is 2.26. The van der Waals surface area contributed by atoms with Crippen LogP contribution in [0.5, 0.6) is 0 Å². The van der Waals surface area contributed by atoms with Gasteiger partial charge in [0, 0.05) is 25.3 Å². The van der Waals surface area contributed by atoms with Crippen LogP contribution < -0.4 is 10.2 Å². The summed E-state index contributed by atoms with van der Waals surface area (Å²) >= 11 is 0. The first-order valence-corrected chi connectivity index (χ1v) is 7.32. The highest BCUT2D eigenvalue weighted by Gasteiger charge is 2.13. The highest BCUT2D eigenvalue weighted by Crippen LogP contribution is 2.23. The van der Waals surface area contributed by atoms with Crippen LogP contribution in [0.2, 0.25) is 0 Å². The summed E-state index contributed by atoms with van der Waals surface area (Å²) in [5, 5.41) is 3.35. The molecule has 108 valence electrons. The topological polar surface area (TPSA) is 15.3 Å². The highest BCUT2D eigenvalue weighted by atomic mass is 19.1. The number of hydrogen-bond donors (Lipinski definition) is 1. The molecule has 0 spiro atoms. The van der Waals surface area contributed by atoms with E-state index in [0.29, 0.717) is 6.04 Å².